The molecule has 19 heavy (non-hydrogen) atoms. The van der Waals surface area contributed by atoms with Crippen LogP contribution in [0.1, 0.15) is 18.9 Å². The zero-order valence-corrected chi connectivity index (χ0v) is 15.0. The zero-order chi connectivity index (χ0) is 13.2. The van der Waals surface area contributed by atoms with Gasteiger partial charge in [0.25, 0.3) is 0 Å². The van der Waals surface area contributed by atoms with Crippen LogP contribution in [0.4, 0.5) is 0 Å². The van der Waals surface area contributed by atoms with Gasteiger partial charge in [-0.1, -0.05) is 24.6 Å². The molecule has 0 aliphatic rings. The van der Waals surface area contributed by atoms with Gasteiger partial charge in [-0.25, -0.2) is 0 Å². The van der Waals surface area contributed by atoms with Crippen LogP contribution in [-0.4, -0.2) is 31.8 Å². The summed E-state index contributed by atoms with van der Waals surface area (Å²) in [6.07, 6.45) is 1.11. The number of aryl methyl sites for hydroxylation is 1. The molecular weight excluding hydrogens is 369 g/mol. The highest BCUT2D eigenvalue weighted by molar-refractivity contribution is 14.0. The average Bonchev–Trinajstić information content (AvgIpc) is 2.40. The lowest BCUT2D eigenvalue weighted by molar-refractivity contribution is 0.795. The molecule has 0 saturated carbocycles. The number of guanidine groups is 1. The third kappa shape index (κ3) is 8.36. The summed E-state index contributed by atoms with van der Waals surface area (Å²) in [5.41, 5.74) is 1.31. The maximum atomic E-state index is 4.17. The number of rotatable bonds is 6. The molecule has 0 aromatic heterocycles. The monoisotopic (exact) mass is 393 g/mol. The second-order valence-electron chi connectivity index (χ2n) is 4.09. The van der Waals surface area contributed by atoms with E-state index in [1.807, 2.05) is 11.8 Å². The Balaban J connectivity index is 0.00000324. The number of hydrogen-bond acceptors (Lipinski definition) is 2. The minimum absolute atomic E-state index is 0. The SMILES string of the molecule is CCCNC(=NC)NCCSc1ccc(C)cc1.I. The summed E-state index contributed by atoms with van der Waals surface area (Å²) in [6, 6.07) is 8.64. The predicted molar refractivity (Wildman–Crippen MR) is 97.0 cm³/mol. The number of aliphatic imine (C=N–C) groups is 1. The van der Waals surface area contributed by atoms with Crippen molar-refractivity contribution in [2.75, 3.05) is 25.9 Å². The van der Waals surface area contributed by atoms with Gasteiger partial charge in [0.1, 0.15) is 0 Å². The van der Waals surface area contributed by atoms with E-state index in [1.54, 1.807) is 7.05 Å². The first-order valence-corrected chi connectivity index (χ1v) is 7.38. The van der Waals surface area contributed by atoms with Crippen LogP contribution in [0.25, 0.3) is 0 Å². The van der Waals surface area contributed by atoms with Gasteiger partial charge in [-0.15, -0.1) is 35.7 Å². The summed E-state index contributed by atoms with van der Waals surface area (Å²) >= 11 is 1.86. The van der Waals surface area contributed by atoms with E-state index < -0.39 is 0 Å². The lowest BCUT2D eigenvalue weighted by atomic mass is 10.2. The largest absolute Gasteiger partial charge is 0.356 e. The molecule has 0 radical (unpaired) electrons. The third-order valence-electron chi connectivity index (χ3n) is 2.45. The second kappa shape index (κ2) is 11.4. The van der Waals surface area contributed by atoms with Crippen molar-refractivity contribution in [1.82, 2.24) is 10.6 Å². The second-order valence-corrected chi connectivity index (χ2v) is 5.26. The molecule has 0 amide bonds. The Morgan fingerprint density at radius 3 is 2.37 bits per heavy atom. The number of nitrogens with zero attached hydrogens (tertiary/aromatic N) is 1. The standard InChI is InChI=1S/C14H23N3S.HI/c1-4-9-16-14(15-3)17-10-11-18-13-7-5-12(2)6-8-13;/h5-8H,4,9-11H2,1-3H3,(H2,15,16,17);1H. The lowest BCUT2D eigenvalue weighted by Crippen LogP contribution is -2.38. The fourth-order valence-corrected chi connectivity index (χ4v) is 2.21. The van der Waals surface area contributed by atoms with Gasteiger partial charge in [0.2, 0.25) is 0 Å². The Hall–Kier alpha value is -0.430. The first-order valence-electron chi connectivity index (χ1n) is 6.40. The number of hydrogen-bond donors (Lipinski definition) is 2. The molecule has 1 rings (SSSR count). The molecule has 0 aliphatic heterocycles. The Bertz CT molecular complexity index is 365. The third-order valence-corrected chi connectivity index (χ3v) is 3.46. The minimum Gasteiger partial charge on any atom is -0.356 e. The Morgan fingerprint density at radius 2 is 1.79 bits per heavy atom. The molecule has 2 N–H and O–H groups in total. The van der Waals surface area contributed by atoms with Gasteiger partial charge in [-0.3, -0.25) is 4.99 Å². The summed E-state index contributed by atoms with van der Waals surface area (Å²) in [4.78, 5) is 5.49. The van der Waals surface area contributed by atoms with E-state index in [0.29, 0.717) is 0 Å². The van der Waals surface area contributed by atoms with Gasteiger partial charge in [0.15, 0.2) is 5.96 Å². The minimum atomic E-state index is 0. The van der Waals surface area contributed by atoms with Crippen molar-refractivity contribution in [2.45, 2.75) is 25.2 Å². The van der Waals surface area contributed by atoms with Gasteiger partial charge in [0, 0.05) is 30.8 Å². The van der Waals surface area contributed by atoms with E-state index >= 15 is 0 Å². The van der Waals surface area contributed by atoms with Gasteiger partial charge in [0.05, 0.1) is 0 Å². The first-order chi connectivity index (χ1) is 8.76. The molecule has 108 valence electrons. The van der Waals surface area contributed by atoms with Crippen molar-refractivity contribution >= 4 is 41.7 Å². The summed E-state index contributed by atoms with van der Waals surface area (Å²) in [7, 11) is 1.80. The first kappa shape index (κ1) is 18.6. The van der Waals surface area contributed by atoms with Crippen LogP contribution in [0.15, 0.2) is 34.2 Å². The lowest BCUT2D eigenvalue weighted by Gasteiger charge is -2.10. The smallest absolute Gasteiger partial charge is 0.191 e. The van der Waals surface area contributed by atoms with E-state index in [2.05, 4.69) is 53.7 Å². The van der Waals surface area contributed by atoms with E-state index in [1.165, 1.54) is 10.5 Å². The maximum absolute atomic E-state index is 4.17. The van der Waals surface area contributed by atoms with Crippen LogP contribution in [-0.2, 0) is 0 Å². The number of thioether (sulfide) groups is 1. The van der Waals surface area contributed by atoms with Crippen LogP contribution in [0, 0.1) is 6.92 Å². The number of nitrogens with one attached hydrogen (secondary N) is 2. The van der Waals surface area contributed by atoms with Gasteiger partial charge < -0.3 is 10.6 Å². The summed E-state index contributed by atoms with van der Waals surface area (Å²) < 4.78 is 0. The van der Waals surface area contributed by atoms with Gasteiger partial charge in [-0.05, 0) is 25.5 Å². The van der Waals surface area contributed by atoms with Crippen molar-refractivity contribution in [2.24, 2.45) is 4.99 Å². The van der Waals surface area contributed by atoms with Crippen LogP contribution < -0.4 is 10.6 Å². The maximum Gasteiger partial charge on any atom is 0.191 e. The molecule has 0 fully saturated rings. The average molecular weight is 393 g/mol. The van der Waals surface area contributed by atoms with Crippen molar-refractivity contribution in [3.63, 3.8) is 0 Å². The highest BCUT2D eigenvalue weighted by Crippen LogP contribution is 2.17. The predicted octanol–water partition coefficient (Wildman–Crippen LogP) is 3.28. The Labute approximate surface area is 138 Å². The molecule has 0 spiro atoms. The molecule has 0 atom stereocenters. The van der Waals surface area contributed by atoms with E-state index in [-0.39, 0.29) is 24.0 Å². The van der Waals surface area contributed by atoms with Crippen LogP contribution >= 0.6 is 35.7 Å². The van der Waals surface area contributed by atoms with Crippen LogP contribution in [0.5, 0.6) is 0 Å². The molecule has 0 aliphatic carbocycles. The fraction of sp³-hybridized carbons (Fsp3) is 0.500. The fourth-order valence-electron chi connectivity index (χ4n) is 1.44. The topological polar surface area (TPSA) is 36.4 Å². The molecule has 0 heterocycles. The van der Waals surface area contributed by atoms with Crippen molar-refractivity contribution < 1.29 is 0 Å². The normalized spacial score (nSPS) is 10.8. The highest BCUT2D eigenvalue weighted by Gasteiger charge is 1.96. The quantitative estimate of drug-likeness (QED) is 0.256. The molecule has 1 aromatic rings. The van der Waals surface area contributed by atoms with Crippen LogP contribution in [0.2, 0.25) is 0 Å². The van der Waals surface area contributed by atoms with Crippen LogP contribution in [0.3, 0.4) is 0 Å². The number of benzene rings is 1. The summed E-state index contributed by atoms with van der Waals surface area (Å²) in [5.74, 6) is 1.93. The molecule has 0 unspecified atom stereocenters. The van der Waals surface area contributed by atoms with E-state index in [0.717, 1.165) is 31.2 Å². The molecule has 0 saturated heterocycles. The van der Waals surface area contributed by atoms with Gasteiger partial charge >= 0.3 is 0 Å². The molecule has 0 bridgehead atoms. The van der Waals surface area contributed by atoms with E-state index in [9.17, 15) is 0 Å². The number of halogens is 1. The molecule has 5 heteroatoms. The summed E-state index contributed by atoms with van der Waals surface area (Å²) in [6.45, 7) is 6.14. The highest BCUT2D eigenvalue weighted by atomic mass is 127. The van der Waals surface area contributed by atoms with Gasteiger partial charge in [-0.2, -0.15) is 0 Å². The zero-order valence-electron chi connectivity index (χ0n) is 11.9. The molecule has 1 aromatic carbocycles. The molecule has 3 nitrogen and oxygen atoms in total. The van der Waals surface area contributed by atoms with Crippen molar-refractivity contribution in [1.29, 1.82) is 0 Å². The molecular formula is C14H24IN3S. The summed E-state index contributed by atoms with van der Waals surface area (Å²) in [5, 5.41) is 6.56. The Kier molecular flexibility index (Phi) is 11.1. The Morgan fingerprint density at radius 1 is 1.16 bits per heavy atom. The van der Waals surface area contributed by atoms with E-state index in [4.69, 9.17) is 0 Å². The van der Waals surface area contributed by atoms with Crippen molar-refractivity contribution in [3.8, 4) is 0 Å². The van der Waals surface area contributed by atoms with Crippen molar-refractivity contribution in [3.05, 3.63) is 29.8 Å².